The van der Waals surface area contributed by atoms with Crippen molar-refractivity contribution in [2.45, 2.75) is 26.3 Å². The van der Waals surface area contributed by atoms with Gasteiger partial charge in [0.2, 0.25) is 0 Å². The number of aromatic nitrogens is 1. The van der Waals surface area contributed by atoms with Crippen molar-refractivity contribution in [3.05, 3.63) is 59.2 Å². The number of hydrogen-bond donors (Lipinski definition) is 1. The number of aryl methyl sites for hydroxylation is 1. The van der Waals surface area contributed by atoms with Crippen molar-refractivity contribution < 1.29 is 9.13 Å². The molecule has 4 heteroatoms. The number of benzene rings is 1. The SMILES string of the molecule is CCOc1cncc(C(C)(N)c2ccc(C)c(F)c2)c1. The molecule has 0 fully saturated rings. The van der Waals surface area contributed by atoms with Crippen molar-refractivity contribution in [2.75, 3.05) is 6.61 Å². The van der Waals surface area contributed by atoms with E-state index >= 15 is 0 Å². The van der Waals surface area contributed by atoms with Crippen LogP contribution in [0.25, 0.3) is 0 Å². The van der Waals surface area contributed by atoms with Crippen LogP contribution in [0.15, 0.2) is 36.7 Å². The fourth-order valence-electron chi connectivity index (χ4n) is 2.03. The first-order valence-electron chi connectivity index (χ1n) is 6.59. The molecule has 0 radical (unpaired) electrons. The van der Waals surface area contributed by atoms with E-state index in [0.717, 1.165) is 5.56 Å². The van der Waals surface area contributed by atoms with Gasteiger partial charge in [0.25, 0.3) is 0 Å². The Morgan fingerprint density at radius 1 is 1.25 bits per heavy atom. The zero-order valence-electron chi connectivity index (χ0n) is 12.0. The van der Waals surface area contributed by atoms with Crippen LogP contribution in [0.1, 0.15) is 30.5 Å². The molecule has 1 unspecified atom stereocenters. The minimum absolute atomic E-state index is 0.256. The number of rotatable bonds is 4. The van der Waals surface area contributed by atoms with Crippen LogP contribution >= 0.6 is 0 Å². The maximum atomic E-state index is 13.7. The molecule has 0 saturated carbocycles. The molecule has 20 heavy (non-hydrogen) atoms. The van der Waals surface area contributed by atoms with Gasteiger partial charge in [0.15, 0.2) is 0 Å². The predicted molar refractivity (Wildman–Crippen MR) is 77.2 cm³/mol. The highest BCUT2D eigenvalue weighted by Gasteiger charge is 2.25. The van der Waals surface area contributed by atoms with Crippen molar-refractivity contribution in [2.24, 2.45) is 5.73 Å². The zero-order chi connectivity index (χ0) is 14.8. The van der Waals surface area contributed by atoms with Gasteiger partial charge in [0.05, 0.1) is 18.3 Å². The third kappa shape index (κ3) is 2.80. The van der Waals surface area contributed by atoms with Crippen molar-refractivity contribution in [1.82, 2.24) is 4.98 Å². The van der Waals surface area contributed by atoms with E-state index in [-0.39, 0.29) is 5.82 Å². The fourth-order valence-corrected chi connectivity index (χ4v) is 2.03. The van der Waals surface area contributed by atoms with Crippen LogP contribution in [0.2, 0.25) is 0 Å². The molecule has 0 aliphatic carbocycles. The van der Waals surface area contributed by atoms with E-state index in [9.17, 15) is 4.39 Å². The molecular formula is C16H19FN2O. The van der Waals surface area contributed by atoms with Gasteiger partial charge < -0.3 is 10.5 Å². The van der Waals surface area contributed by atoms with Gasteiger partial charge in [-0.3, -0.25) is 4.98 Å². The number of ether oxygens (including phenoxy) is 1. The topological polar surface area (TPSA) is 48.1 Å². The van der Waals surface area contributed by atoms with E-state index in [0.29, 0.717) is 23.5 Å². The van der Waals surface area contributed by atoms with E-state index in [4.69, 9.17) is 10.5 Å². The lowest BCUT2D eigenvalue weighted by Crippen LogP contribution is -2.34. The average Bonchev–Trinajstić information content (AvgIpc) is 2.42. The molecule has 0 aliphatic rings. The molecule has 2 rings (SSSR count). The second-order valence-corrected chi connectivity index (χ2v) is 5.01. The standard InChI is InChI=1S/C16H19FN2O/c1-4-20-14-7-13(9-19-10-14)16(3,18)12-6-5-11(2)15(17)8-12/h5-10H,4,18H2,1-3H3. The lowest BCUT2D eigenvalue weighted by Gasteiger charge is -2.26. The Morgan fingerprint density at radius 2 is 2.00 bits per heavy atom. The Bertz CT molecular complexity index is 611. The summed E-state index contributed by atoms with van der Waals surface area (Å²) in [6.45, 7) is 6.03. The number of halogens is 1. The molecule has 0 saturated heterocycles. The summed E-state index contributed by atoms with van der Waals surface area (Å²) in [6.07, 6.45) is 3.32. The maximum absolute atomic E-state index is 13.7. The summed E-state index contributed by atoms with van der Waals surface area (Å²) in [4.78, 5) is 4.14. The molecule has 0 bridgehead atoms. The number of pyridine rings is 1. The molecule has 3 nitrogen and oxygen atoms in total. The molecule has 1 aromatic heterocycles. The summed E-state index contributed by atoms with van der Waals surface area (Å²) < 4.78 is 19.2. The molecule has 1 heterocycles. The molecule has 2 N–H and O–H groups in total. The fraction of sp³-hybridized carbons (Fsp3) is 0.312. The summed E-state index contributed by atoms with van der Waals surface area (Å²) in [7, 11) is 0. The van der Waals surface area contributed by atoms with Gasteiger partial charge in [-0.1, -0.05) is 12.1 Å². The van der Waals surface area contributed by atoms with Crippen LogP contribution in [-0.4, -0.2) is 11.6 Å². The lowest BCUT2D eigenvalue weighted by molar-refractivity contribution is 0.337. The zero-order valence-corrected chi connectivity index (χ0v) is 12.0. The Balaban J connectivity index is 2.42. The Hall–Kier alpha value is -1.94. The van der Waals surface area contributed by atoms with Crippen molar-refractivity contribution in [1.29, 1.82) is 0 Å². The molecule has 106 valence electrons. The van der Waals surface area contributed by atoms with Gasteiger partial charge in [0.1, 0.15) is 11.6 Å². The second kappa shape index (κ2) is 5.59. The van der Waals surface area contributed by atoms with Crippen LogP contribution in [0.4, 0.5) is 4.39 Å². The summed E-state index contributed by atoms with van der Waals surface area (Å²) in [5.74, 6) is 0.405. The lowest BCUT2D eigenvalue weighted by atomic mass is 9.86. The number of hydrogen-bond acceptors (Lipinski definition) is 3. The molecule has 2 aromatic rings. The van der Waals surface area contributed by atoms with Crippen LogP contribution in [0, 0.1) is 12.7 Å². The van der Waals surface area contributed by atoms with Crippen molar-refractivity contribution >= 4 is 0 Å². The summed E-state index contributed by atoms with van der Waals surface area (Å²) in [6, 6.07) is 6.89. The summed E-state index contributed by atoms with van der Waals surface area (Å²) in [5.41, 5.74) is 7.65. The summed E-state index contributed by atoms with van der Waals surface area (Å²) >= 11 is 0. The van der Waals surface area contributed by atoms with E-state index in [2.05, 4.69) is 4.98 Å². The molecule has 0 aliphatic heterocycles. The first-order chi connectivity index (χ1) is 9.45. The summed E-state index contributed by atoms with van der Waals surface area (Å²) in [5, 5.41) is 0. The number of nitrogens with zero attached hydrogens (tertiary/aromatic N) is 1. The van der Waals surface area contributed by atoms with Crippen molar-refractivity contribution in [3.63, 3.8) is 0 Å². The quantitative estimate of drug-likeness (QED) is 0.931. The van der Waals surface area contributed by atoms with Gasteiger partial charge in [-0.15, -0.1) is 0 Å². The van der Waals surface area contributed by atoms with Gasteiger partial charge in [-0.2, -0.15) is 0 Å². The maximum Gasteiger partial charge on any atom is 0.137 e. The normalized spacial score (nSPS) is 13.8. The van der Waals surface area contributed by atoms with E-state index in [1.54, 1.807) is 25.4 Å². The van der Waals surface area contributed by atoms with Crippen LogP contribution in [0.3, 0.4) is 0 Å². The largest absolute Gasteiger partial charge is 0.492 e. The van der Waals surface area contributed by atoms with Crippen LogP contribution < -0.4 is 10.5 Å². The molecule has 1 aromatic carbocycles. The highest BCUT2D eigenvalue weighted by Crippen LogP contribution is 2.29. The Labute approximate surface area is 118 Å². The molecule has 0 amide bonds. The van der Waals surface area contributed by atoms with E-state index in [1.165, 1.54) is 6.07 Å². The monoisotopic (exact) mass is 274 g/mol. The first kappa shape index (κ1) is 14.5. The number of nitrogens with two attached hydrogens (primary N) is 1. The molecule has 1 atom stereocenters. The Morgan fingerprint density at radius 3 is 2.65 bits per heavy atom. The second-order valence-electron chi connectivity index (χ2n) is 5.01. The van der Waals surface area contributed by atoms with Crippen molar-refractivity contribution in [3.8, 4) is 5.75 Å². The minimum atomic E-state index is -0.825. The van der Waals surface area contributed by atoms with Gasteiger partial charge in [-0.25, -0.2) is 4.39 Å². The van der Waals surface area contributed by atoms with Gasteiger partial charge in [0, 0.05) is 6.20 Å². The molecular weight excluding hydrogens is 255 g/mol. The highest BCUT2D eigenvalue weighted by molar-refractivity contribution is 5.39. The minimum Gasteiger partial charge on any atom is -0.492 e. The first-order valence-corrected chi connectivity index (χ1v) is 6.59. The molecule has 0 spiro atoms. The van der Waals surface area contributed by atoms with Crippen LogP contribution in [0.5, 0.6) is 5.75 Å². The Kier molecular flexibility index (Phi) is 4.04. The van der Waals surface area contributed by atoms with E-state index in [1.807, 2.05) is 26.0 Å². The van der Waals surface area contributed by atoms with Gasteiger partial charge >= 0.3 is 0 Å². The highest BCUT2D eigenvalue weighted by atomic mass is 19.1. The van der Waals surface area contributed by atoms with Gasteiger partial charge in [-0.05, 0) is 49.6 Å². The average molecular weight is 274 g/mol. The predicted octanol–water partition coefficient (Wildman–Crippen LogP) is 3.15. The van der Waals surface area contributed by atoms with Crippen LogP contribution in [-0.2, 0) is 5.54 Å². The third-order valence-corrected chi connectivity index (χ3v) is 3.40. The third-order valence-electron chi connectivity index (χ3n) is 3.40. The van der Waals surface area contributed by atoms with E-state index < -0.39 is 5.54 Å². The smallest absolute Gasteiger partial charge is 0.137 e.